The standard InChI is InChI=1S/C13H17NO3/c1-2-3-8-14-9-10-17-12-7-5-4-6-11(12)13(15)16/h2,4-7,14H,1,3,8-10H2,(H,15,16). The second-order valence-corrected chi connectivity index (χ2v) is 3.48. The van der Waals surface area contributed by atoms with Gasteiger partial charge in [0.25, 0.3) is 0 Å². The highest BCUT2D eigenvalue weighted by Gasteiger charge is 2.09. The van der Waals surface area contributed by atoms with E-state index in [0.29, 0.717) is 18.9 Å². The summed E-state index contributed by atoms with van der Waals surface area (Å²) >= 11 is 0. The largest absolute Gasteiger partial charge is 0.491 e. The molecule has 0 amide bonds. The lowest BCUT2D eigenvalue weighted by molar-refractivity contribution is 0.0692. The number of carbonyl (C=O) groups is 1. The van der Waals surface area contributed by atoms with Crippen LogP contribution < -0.4 is 10.1 Å². The maximum absolute atomic E-state index is 10.9. The molecule has 4 nitrogen and oxygen atoms in total. The van der Waals surface area contributed by atoms with Crippen LogP contribution in [-0.4, -0.2) is 30.8 Å². The van der Waals surface area contributed by atoms with Gasteiger partial charge in [-0.05, 0) is 25.1 Å². The molecule has 1 rings (SSSR count). The molecule has 0 aliphatic carbocycles. The molecule has 0 spiro atoms. The van der Waals surface area contributed by atoms with E-state index in [4.69, 9.17) is 9.84 Å². The third-order valence-corrected chi connectivity index (χ3v) is 2.18. The SMILES string of the molecule is C=CCCNCCOc1ccccc1C(=O)O. The number of hydrogen-bond acceptors (Lipinski definition) is 3. The number of ether oxygens (including phenoxy) is 1. The predicted molar refractivity (Wildman–Crippen MR) is 66.6 cm³/mol. The monoisotopic (exact) mass is 235 g/mol. The first-order valence-electron chi connectivity index (χ1n) is 5.52. The molecule has 0 bridgehead atoms. The van der Waals surface area contributed by atoms with E-state index in [2.05, 4.69) is 11.9 Å². The highest BCUT2D eigenvalue weighted by atomic mass is 16.5. The van der Waals surface area contributed by atoms with Gasteiger partial charge in [-0.25, -0.2) is 4.79 Å². The van der Waals surface area contributed by atoms with Crippen LogP contribution in [0.1, 0.15) is 16.8 Å². The number of nitrogens with one attached hydrogen (secondary N) is 1. The summed E-state index contributed by atoms with van der Waals surface area (Å²) in [7, 11) is 0. The van der Waals surface area contributed by atoms with E-state index in [1.54, 1.807) is 18.2 Å². The Kier molecular flexibility index (Phi) is 5.82. The number of carboxylic acid groups (broad SMARTS) is 1. The van der Waals surface area contributed by atoms with Gasteiger partial charge < -0.3 is 15.2 Å². The van der Waals surface area contributed by atoms with Crippen molar-refractivity contribution in [3.63, 3.8) is 0 Å². The van der Waals surface area contributed by atoms with Crippen molar-refractivity contribution >= 4 is 5.97 Å². The maximum Gasteiger partial charge on any atom is 0.339 e. The normalized spacial score (nSPS) is 9.88. The van der Waals surface area contributed by atoms with Gasteiger partial charge in [0.05, 0.1) is 0 Å². The van der Waals surface area contributed by atoms with Crippen LogP contribution >= 0.6 is 0 Å². The van der Waals surface area contributed by atoms with Gasteiger partial charge in [-0.1, -0.05) is 18.2 Å². The Bertz CT molecular complexity index is 377. The molecule has 0 heterocycles. The lowest BCUT2D eigenvalue weighted by Gasteiger charge is -2.09. The number of rotatable bonds is 8. The van der Waals surface area contributed by atoms with Crippen LogP contribution in [0.2, 0.25) is 0 Å². The van der Waals surface area contributed by atoms with Crippen molar-refractivity contribution in [3.8, 4) is 5.75 Å². The minimum Gasteiger partial charge on any atom is -0.491 e. The summed E-state index contributed by atoms with van der Waals surface area (Å²) in [5.41, 5.74) is 0.193. The molecule has 0 aliphatic heterocycles. The Morgan fingerprint density at radius 3 is 2.88 bits per heavy atom. The second kappa shape index (κ2) is 7.46. The van der Waals surface area contributed by atoms with Crippen LogP contribution in [0.3, 0.4) is 0 Å². The summed E-state index contributed by atoms with van der Waals surface area (Å²) in [4.78, 5) is 10.9. The zero-order valence-corrected chi connectivity index (χ0v) is 9.69. The van der Waals surface area contributed by atoms with Crippen LogP contribution in [0, 0.1) is 0 Å². The van der Waals surface area contributed by atoms with Gasteiger partial charge in [-0.15, -0.1) is 6.58 Å². The molecule has 0 saturated heterocycles. The molecule has 17 heavy (non-hydrogen) atoms. The zero-order valence-electron chi connectivity index (χ0n) is 9.69. The van der Waals surface area contributed by atoms with Crippen LogP contribution in [0.5, 0.6) is 5.75 Å². The fourth-order valence-electron chi connectivity index (χ4n) is 1.33. The molecule has 2 N–H and O–H groups in total. The highest BCUT2D eigenvalue weighted by molar-refractivity contribution is 5.90. The smallest absolute Gasteiger partial charge is 0.339 e. The van der Waals surface area contributed by atoms with Gasteiger partial charge in [0.15, 0.2) is 0 Å². The third-order valence-electron chi connectivity index (χ3n) is 2.18. The number of benzene rings is 1. The Morgan fingerprint density at radius 1 is 1.41 bits per heavy atom. The molecule has 1 aromatic rings. The van der Waals surface area contributed by atoms with Crippen LogP contribution in [0.25, 0.3) is 0 Å². The molecular weight excluding hydrogens is 218 g/mol. The maximum atomic E-state index is 10.9. The van der Waals surface area contributed by atoms with E-state index >= 15 is 0 Å². The Balaban J connectivity index is 2.36. The lowest BCUT2D eigenvalue weighted by Crippen LogP contribution is -2.22. The first-order valence-corrected chi connectivity index (χ1v) is 5.52. The molecule has 0 aromatic heterocycles. The van der Waals surface area contributed by atoms with Crippen molar-refractivity contribution in [3.05, 3.63) is 42.5 Å². The number of aromatic carboxylic acids is 1. The third kappa shape index (κ3) is 4.70. The van der Waals surface area contributed by atoms with Crippen LogP contribution in [-0.2, 0) is 0 Å². The second-order valence-electron chi connectivity index (χ2n) is 3.48. The molecule has 0 fully saturated rings. The predicted octanol–water partition coefficient (Wildman–Crippen LogP) is 1.93. The summed E-state index contributed by atoms with van der Waals surface area (Å²) < 4.78 is 5.41. The van der Waals surface area contributed by atoms with Crippen LogP contribution in [0.15, 0.2) is 36.9 Å². The minimum absolute atomic E-state index is 0.193. The summed E-state index contributed by atoms with van der Waals surface area (Å²) in [5, 5.41) is 12.1. The van der Waals surface area contributed by atoms with E-state index in [1.807, 2.05) is 6.08 Å². The summed E-state index contributed by atoms with van der Waals surface area (Å²) in [6.07, 6.45) is 2.75. The molecular formula is C13H17NO3. The fraction of sp³-hybridized carbons (Fsp3) is 0.308. The van der Waals surface area contributed by atoms with E-state index in [0.717, 1.165) is 13.0 Å². The molecule has 0 radical (unpaired) electrons. The van der Waals surface area contributed by atoms with Crippen LogP contribution in [0.4, 0.5) is 0 Å². The van der Waals surface area contributed by atoms with Gasteiger partial charge in [0.1, 0.15) is 17.9 Å². The number of carboxylic acids is 1. The molecule has 0 atom stereocenters. The average molecular weight is 235 g/mol. The topological polar surface area (TPSA) is 58.6 Å². The molecule has 0 aliphatic rings. The highest BCUT2D eigenvalue weighted by Crippen LogP contribution is 2.17. The summed E-state index contributed by atoms with van der Waals surface area (Å²) in [5.74, 6) is -0.564. The van der Waals surface area contributed by atoms with Crippen molar-refractivity contribution in [1.82, 2.24) is 5.32 Å². The van der Waals surface area contributed by atoms with Crippen molar-refractivity contribution in [2.75, 3.05) is 19.7 Å². The lowest BCUT2D eigenvalue weighted by atomic mass is 10.2. The number of para-hydroxylation sites is 1. The molecule has 0 unspecified atom stereocenters. The van der Waals surface area contributed by atoms with Gasteiger partial charge in [-0.3, -0.25) is 0 Å². The van der Waals surface area contributed by atoms with Crippen molar-refractivity contribution in [2.24, 2.45) is 0 Å². The Labute approximate surface area is 101 Å². The van der Waals surface area contributed by atoms with Gasteiger partial charge in [-0.2, -0.15) is 0 Å². The summed E-state index contributed by atoms with van der Waals surface area (Å²) in [6.45, 7) is 5.60. The van der Waals surface area contributed by atoms with Crippen molar-refractivity contribution in [2.45, 2.75) is 6.42 Å². The molecule has 92 valence electrons. The van der Waals surface area contributed by atoms with E-state index in [1.165, 1.54) is 6.07 Å². The zero-order chi connectivity index (χ0) is 12.5. The van der Waals surface area contributed by atoms with E-state index in [9.17, 15) is 4.79 Å². The summed E-state index contributed by atoms with van der Waals surface area (Å²) in [6, 6.07) is 6.63. The first-order chi connectivity index (χ1) is 8.25. The number of hydrogen-bond donors (Lipinski definition) is 2. The van der Waals surface area contributed by atoms with Crippen molar-refractivity contribution in [1.29, 1.82) is 0 Å². The molecule has 0 saturated carbocycles. The Morgan fingerprint density at radius 2 is 2.18 bits per heavy atom. The fourth-order valence-corrected chi connectivity index (χ4v) is 1.33. The van der Waals surface area contributed by atoms with Crippen molar-refractivity contribution < 1.29 is 14.6 Å². The van der Waals surface area contributed by atoms with Gasteiger partial charge in [0.2, 0.25) is 0 Å². The quantitative estimate of drug-likeness (QED) is 0.534. The van der Waals surface area contributed by atoms with Gasteiger partial charge >= 0.3 is 5.97 Å². The Hall–Kier alpha value is -1.81. The average Bonchev–Trinajstić information content (AvgIpc) is 2.34. The van der Waals surface area contributed by atoms with Gasteiger partial charge in [0, 0.05) is 6.54 Å². The molecule has 4 heteroatoms. The first kappa shape index (κ1) is 13.3. The molecule has 1 aromatic carbocycles. The van der Waals surface area contributed by atoms with E-state index in [-0.39, 0.29) is 5.56 Å². The van der Waals surface area contributed by atoms with E-state index < -0.39 is 5.97 Å². The minimum atomic E-state index is -0.972.